The van der Waals surface area contributed by atoms with E-state index >= 15 is 0 Å². The number of benzene rings is 1. The molecule has 3 rings (SSSR count). The maximum atomic E-state index is 11.6. The molecule has 7 heteroatoms. The summed E-state index contributed by atoms with van der Waals surface area (Å²) in [5, 5.41) is 0.867. The van der Waals surface area contributed by atoms with Gasteiger partial charge in [-0.3, -0.25) is 4.79 Å². The van der Waals surface area contributed by atoms with Crippen LogP contribution in [0.1, 0.15) is 5.69 Å². The largest absolute Gasteiger partial charge is 0.497 e. The Balaban J connectivity index is 2.22. The number of carbonyl (C=O) groups is 1. The third-order valence-corrected chi connectivity index (χ3v) is 3.41. The molecule has 0 saturated heterocycles. The zero-order valence-electron chi connectivity index (χ0n) is 12.2. The Hall–Kier alpha value is -2.96. The molecule has 0 unspecified atom stereocenters. The molecule has 2 heterocycles. The van der Waals surface area contributed by atoms with E-state index in [-0.39, 0.29) is 18.4 Å². The highest BCUT2D eigenvalue weighted by molar-refractivity contribution is 5.98. The number of anilines is 1. The molecule has 3 aromatic rings. The number of oxazole rings is 1. The SMILES string of the molecule is COC(=O)Cc1[nH]c2ccc(OC)cc2c1-c1coc(N)n1. The first-order valence-electron chi connectivity index (χ1n) is 6.59. The van der Waals surface area contributed by atoms with E-state index in [0.717, 1.165) is 16.5 Å². The Labute approximate surface area is 126 Å². The number of aromatic nitrogens is 2. The van der Waals surface area contributed by atoms with E-state index in [1.807, 2.05) is 18.2 Å². The quantitative estimate of drug-likeness (QED) is 0.715. The summed E-state index contributed by atoms with van der Waals surface area (Å²) in [6.07, 6.45) is 1.55. The van der Waals surface area contributed by atoms with Gasteiger partial charge in [0.05, 0.1) is 20.6 Å². The summed E-state index contributed by atoms with van der Waals surface area (Å²) in [7, 11) is 2.94. The van der Waals surface area contributed by atoms with Crippen LogP contribution in [0.25, 0.3) is 22.2 Å². The fourth-order valence-corrected chi connectivity index (χ4v) is 2.40. The molecule has 2 aromatic heterocycles. The van der Waals surface area contributed by atoms with Gasteiger partial charge in [-0.2, -0.15) is 4.98 Å². The number of rotatable bonds is 4. The van der Waals surface area contributed by atoms with E-state index < -0.39 is 0 Å². The summed E-state index contributed by atoms with van der Waals surface area (Å²) in [6, 6.07) is 5.65. The first-order chi connectivity index (χ1) is 10.6. The number of carbonyl (C=O) groups excluding carboxylic acids is 1. The molecule has 7 nitrogen and oxygen atoms in total. The van der Waals surface area contributed by atoms with Crippen LogP contribution in [-0.4, -0.2) is 30.2 Å². The van der Waals surface area contributed by atoms with Crippen LogP contribution in [0.15, 0.2) is 28.9 Å². The molecule has 114 valence electrons. The molecule has 0 aliphatic rings. The van der Waals surface area contributed by atoms with Crippen molar-refractivity contribution in [1.29, 1.82) is 0 Å². The number of ether oxygens (including phenoxy) is 2. The standard InChI is InChI=1S/C15H15N3O4/c1-20-8-3-4-10-9(5-8)14(12-7-22-15(16)18-12)11(17-10)6-13(19)21-2/h3-5,7,17H,6H2,1-2H3,(H2,16,18). The van der Waals surface area contributed by atoms with Crippen molar-refractivity contribution >= 4 is 22.9 Å². The minimum atomic E-state index is -0.351. The summed E-state index contributed by atoms with van der Waals surface area (Å²) in [5.74, 6) is 0.352. The van der Waals surface area contributed by atoms with Crippen LogP contribution in [0.3, 0.4) is 0 Å². The normalized spacial score (nSPS) is 10.8. The van der Waals surface area contributed by atoms with Crippen molar-refractivity contribution in [3.8, 4) is 17.0 Å². The molecule has 3 N–H and O–H groups in total. The van der Waals surface area contributed by atoms with Gasteiger partial charge < -0.3 is 24.6 Å². The molecular weight excluding hydrogens is 286 g/mol. The molecule has 0 amide bonds. The number of H-pyrrole nitrogens is 1. The lowest BCUT2D eigenvalue weighted by molar-refractivity contribution is -0.139. The Kier molecular flexibility index (Phi) is 3.46. The second-order valence-electron chi connectivity index (χ2n) is 4.71. The van der Waals surface area contributed by atoms with Gasteiger partial charge in [0.2, 0.25) is 0 Å². The maximum absolute atomic E-state index is 11.6. The zero-order chi connectivity index (χ0) is 15.7. The molecule has 1 aromatic carbocycles. The third kappa shape index (κ3) is 2.37. The van der Waals surface area contributed by atoms with Gasteiger partial charge in [-0.05, 0) is 18.2 Å². The average molecular weight is 301 g/mol. The van der Waals surface area contributed by atoms with Crippen molar-refractivity contribution in [2.45, 2.75) is 6.42 Å². The fraction of sp³-hybridized carbons (Fsp3) is 0.200. The highest BCUT2D eigenvalue weighted by Gasteiger charge is 2.19. The highest BCUT2D eigenvalue weighted by atomic mass is 16.5. The lowest BCUT2D eigenvalue weighted by Crippen LogP contribution is -2.05. The van der Waals surface area contributed by atoms with Gasteiger partial charge >= 0.3 is 5.97 Å². The Morgan fingerprint density at radius 2 is 2.23 bits per heavy atom. The molecule has 0 aliphatic carbocycles. The second kappa shape index (κ2) is 5.44. The number of hydrogen-bond donors (Lipinski definition) is 2. The number of fused-ring (bicyclic) bond motifs is 1. The monoisotopic (exact) mass is 301 g/mol. The van der Waals surface area contributed by atoms with Gasteiger partial charge in [0.25, 0.3) is 6.01 Å². The summed E-state index contributed by atoms with van der Waals surface area (Å²) in [4.78, 5) is 19.0. The average Bonchev–Trinajstić information content (AvgIpc) is 3.09. The van der Waals surface area contributed by atoms with E-state index in [1.54, 1.807) is 7.11 Å². The van der Waals surface area contributed by atoms with Crippen LogP contribution in [0, 0.1) is 0 Å². The Bertz CT molecular complexity index is 835. The van der Waals surface area contributed by atoms with Crippen LogP contribution < -0.4 is 10.5 Å². The van der Waals surface area contributed by atoms with E-state index in [9.17, 15) is 4.79 Å². The minimum absolute atomic E-state index is 0.0660. The van der Waals surface area contributed by atoms with E-state index in [2.05, 4.69) is 9.97 Å². The molecule has 0 atom stereocenters. The predicted octanol–water partition coefficient (Wildman–Crippen LogP) is 2.13. The van der Waals surface area contributed by atoms with Gasteiger partial charge in [-0.1, -0.05) is 0 Å². The van der Waals surface area contributed by atoms with Crippen LogP contribution in [0.4, 0.5) is 6.01 Å². The number of nitrogens with zero attached hydrogens (tertiary/aromatic N) is 1. The fourth-order valence-electron chi connectivity index (χ4n) is 2.40. The molecular formula is C15H15N3O4. The van der Waals surface area contributed by atoms with E-state index in [0.29, 0.717) is 17.1 Å². The lowest BCUT2D eigenvalue weighted by atomic mass is 10.1. The number of nitrogens with two attached hydrogens (primary N) is 1. The summed E-state index contributed by atoms with van der Waals surface area (Å²) in [5.41, 5.74) is 8.40. The first kappa shape index (κ1) is 14.0. The Morgan fingerprint density at radius 3 is 2.86 bits per heavy atom. The van der Waals surface area contributed by atoms with Gasteiger partial charge in [0.15, 0.2) is 0 Å². The molecule has 22 heavy (non-hydrogen) atoms. The van der Waals surface area contributed by atoms with E-state index in [1.165, 1.54) is 13.4 Å². The number of methoxy groups -OCH3 is 2. The molecule has 0 spiro atoms. The van der Waals surface area contributed by atoms with Gasteiger partial charge in [-0.15, -0.1) is 0 Å². The van der Waals surface area contributed by atoms with Crippen molar-refractivity contribution in [1.82, 2.24) is 9.97 Å². The molecule has 0 aliphatic heterocycles. The lowest BCUT2D eigenvalue weighted by Gasteiger charge is -2.02. The van der Waals surface area contributed by atoms with Crippen molar-refractivity contribution in [2.75, 3.05) is 20.0 Å². The summed E-state index contributed by atoms with van der Waals surface area (Å²) < 4.78 is 15.1. The van der Waals surface area contributed by atoms with Crippen LogP contribution in [-0.2, 0) is 16.0 Å². The van der Waals surface area contributed by atoms with Crippen molar-refractivity contribution in [2.24, 2.45) is 0 Å². The van der Waals surface area contributed by atoms with Crippen molar-refractivity contribution in [3.63, 3.8) is 0 Å². The molecule has 0 saturated carbocycles. The minimum Gasteiger partial charge on any atom is -0.497 e. The Morgan fingerprint density at radius 1 is 1.41 bits per heavy atom. The molecule has 0 radical (unpaired) electrons. The smallest absolute Gasteiger partial charge is 0.311 e. The number of aromatic amines is 1. The topological polar surface area (TPSA) is 103 Å². The zero-order valence-corrected chi connectivity index (χ0v) is 12.2. The van der Waals surface area contributed by atoms with Crippen LogP contribution in [0.5, 0.6) is 5.75 Å². The van der Waals surface area contributed by atoms with Gasteiger partial charge in [0, 0.05) is 22.2 Å². The predicted molar refractivity (Wildman–Crippen MR) is 80.5 cm³/mol. The number of nitrogens with one attached hydrogen (secondary N) is 1. The maximum Gasteiger partial charge on any atom is 0.311 e. The van der Waals surface area contributed by atoms with E-state index in [4.69, 9.17) is 19.6 Å². The number of esters is 1. The highest BCUT2D eigenvalue weighted by Crippen LogP contribution is 2.34. The van der Waals surface area contributed by atoms with Gasteiger partial charge in [-0.25, -0.2) is 0 Å². The summed E-state index contributed by atoms with van der Waals surface area (Å²) in [6.45, 7) is 0. The second-order valence-corrected chi connectivity index (χ2v) is 4.71. The first-order valence-corrected chi connectivity index (χ1v) is 6.59. The molecule has 0 fully saturated rings. The van der Waals surface area contributed by atoms with Crippen molar-refractivity contribution < 1.29 is 18.7 Å². The van der Waals surface area contributed by atoms with Crippen LogP contribution >= 0.6 is 0 Å². The van der Waals surface area contributed by atoms with Gasteiger partial charge in [0.1, 0.15) is 17.7 Å². The summed E-state index contributed by atoms with van der Waals surface area (Å²) >= 11 is 0. The van der Waals surface area contributed by atoms with Crippen molar-refractivity contribution in [3.05, 3.63) is 30.2 Å². The van der Waals surface area contributed by atoms with Crippen LogP contribution in [0.2, 0.25) is 0 Å². The number of hydrogen-bond acceptors (Lipinski definition) is 6. The molecule has 0 bridgehead atoms. The number of nitrogen functional groups attached to an aromatic ring is 1. The third-order valence-electron chi connectivity index (χ3n) is 3.41.